The van der Waals surface area contributed by atoms with Gasteiger partial charge in [0.05, 0.1) is 31.2 Å². The Morgan fingerprint density at radius 2 is 1.86 bits per heavy atom. The maximum absolute atomic E-state index is 12.8. The fourth-order valence-electron chi connectivity index (χ4n) is 4.21. The SMILES string of the molecule is C[C@H](C(=O)NCC1CCCCC1)[NH+]1CCN(S(=O)(=O)c2ccccc2Cl)CC1. The van der Waals surface area contributed by atoms with Gasteiger partial charge >= 0.3 is 0 Å². The number of piperazine rings is 1. The standard InChI is InChI=1S/C20H30ClN3O3S/c1-16(20(25)22-15-17-7-3-2-4-8-17)23-11-13-24(14-12-23)28(26,27)19-10-6-5-9-18(19)21/h5-6,9-10,16-17H,2-4,7-8,11-15H2,1H3,(H,22,25)/p+1/t16-/m1/s1. The molecule has 2 N–H and O–H groups in total. The predicted octanol–water partition coefficient (Wildman–Crippen LogP) is 1.31. The number of benzene rings is 1. The molecule has 0 bridgehead atoms. The lowest BCUT2D eigenvalue weighted by Gasteiger charge is -2.34. The van der Waals surface area contributed by atoms with E-state index in [1.54, 1.807) is 18.2 Å². The lowest BCUT2D eigenvalue weighted by molar-refractivity contribution is -0.917. The van der Waals surface area contributed by atoms with Crippen LogP contribution in [0.1, 0.15) is 39.0 Å². The van der Waals surface area contributed by atoms with E-state index in [1.165, 1.54) is 42.5 Å². The van der Waals surface area contributed by atoms with Crippen LogP contribution in [0, 0.1) is 5.92 Å². The molecule has 2 fully saturated rings. The quantitative estimate of drug-likeness (QED) is 0.717. The summed E-state index contributed by atoms with van der Waals surface area (Å²) in [5.74, 6) is 0.681. The largest absolute Gasteiger partial charge is 0.351 e. The molecule has 1 aromatic rings. The van der Waals surface area contributed by atoms with Gasteiger partial charge in [0.2, 0.25) is 10.0 Å². The number of carbonyl (C=O) groups is 1. The monoisotopic (exact) mass is 428 g/mol. The van der Waals surface area contributed by atoms with Crippen molar-refractivity contribution in [3.8, 4) is 0 Å². The lowest BCUT2D eigenvalue weighted by atomic mass is 9.89. The number of hydrogen-bond acceptors (Lipinski definition) is 3. The summed E-state index contributed by atoms with van der Waals surface area (Å²) < 4.78 is 27.2. The number of nitrogens with one attached hydrogen (secondary N) is 2. The number of hydrogen-bond donors (Lipinski definition) is 2. The zero-order chi connectivity index (χ0) is 20.1. The predicted molar refractivity (Wildman–Crippen MR) is 110 cm³/mol. The zero-order valence-electron chi connectivity index (χ0n) is 16.5. The van der Waals surface area contributed by atoms with Crippen LogP contribution in [-0.2, 0) is 14.8 Å². The molecule has 156 valence electrons. The number of halogens is 1. The second-order valence-electron chi connectivity index (χ2n) is 7.96. The highest BCUT2D eigenvalue weighted by Gasteiger charge is 2.35. The average Bonchev–Trinajstić information content (AvgIpc) is 2.72. The molecule has 8 heteroatoms. The summed E-state index contributed by atoms with van der Waals surface area (Å²) >= 11 is 6.08. The van der Waals surface area contributed by atoms with E-state index in [1.807, 2.05) is 6.92 Å². The lowest BCUT2D eigenvalue weighted by Crippen LogP contribution is -3.19. The second kappa shape index (κ2) is 9.57. The molecule has 1 heterocycles. The van der Waals surface area contributed by atoms with Crippen molar-refractivity contribution in [2.45, 2.75) is 50.0 Å². The van der Waals surface area contributed by atoms with Crippen molar-refractivity contribution in [3.05, 3.63) is 29.3 Å². The minimum atomic E-state index is -3.60. The fourth-order valence-corrected chi connectivity index (χ4v) is 6.15. The minimum Gasteiger partial charge on any atom is -0.351 e. The molecule has 2 aliphatic rings. The molecule has 0 aromatic heterocycles. The van der Waals surface area contributed by atoms with Gasteiger partial charge in [0, 0.05) is 6.54 Å². The summed E-state index contributed by atoms with van der Waals surface area (Å²) in [6.45, 7) is 4.71. The molecule has 1 saturated carbocycles. The molecule has 6 nitrogen and oxygen atoms in total. The van der Waals surface area contributed by atoms with Crippen molar-refractivity contribution in [2.24, 2.45) is 5.92 Å². The first-order valence-corrected chi connectivity index (χ1v) is 12.1. The summed E-state index contributed by atoms with van der Waals surface area (Å²) in [5.41, 5.74) is 0. The van der Waals surface area contributed by atoms with E-state index in [9.17, 15) is 13.2 Å². The van der Waals surface area contributed by atoms with E-state index in [0.717, 1.165) is 11.4 Å². The van der Waals surface area contributed by atoms with E-state index in [4.69, 9.17) is 11.6 Å². The molecule has 1 amide bonds. The molecule has 1 aliphatic heterocycles. The normalized spacial score (nSPS) is 21.4. The van der Waals surface area contributed by atoms with Gasteiger partial charge in [-0.2, -0.15) is 4.31 Å². The number of quaternary nitrogens is 1. The van der Waals surface area contributed by atoms with Gasteiger partial charge in [-0.1, -0.05) is 43.0 Å². The molecule has 1 atom stereocenters. The van der Waals surface area contributed by atoms with Gasteiger partial charge < -0.3 is 10.2 Å². The third-order valence-corrected chi connectivity index (χ3v) is 8.51. The van der Waals surface area contributed by atoms with Crippen LogP contribution in [0.3, 0.4) is 0 Å². The van der Waals surface area contributed by atoms with Crippen LogP contribution in [0.15, 0.2) is 29.2 Å². The van der Waals surface area contributed by atoms with Crippen molar-refractivity contribution in [3.63, 3.8) is 0 Å². The number of carbonyl (C=O) groups excluding carboxylic acids is 1. The van der Waals surface area contributed by atoms with Gasteiger partial charge in [-0.15, -0.1) is 0 Å². The Morgan fingerprint density at radius 1 is 1.21 bits per heavy atom. The summed E-state index contributed by atoms with van der Waals surface area (Å²) in [5, 5.41) is 3.36. The van der Waals surface area contributed by atoms with E-state index in [-0.39, 0.29) is 21.9 Å². The first kappa shape index (κ1) is 21.6. The number of amides is 1. The summed E-state index contributed by atoms with van der Waals surface area (Å²) in [7, 11) is -3.60. The third-order valence-electron chi connectivity index (χ3n) is 6.11. The van der Waals surface area contributed by atoms with Gasteiger partial charge in [-0.25, -0.2) is 8.42 Å². The topological polar surface area (TPSA) is 70.9 Å². The van der Waals surface area contributed by atoms with Crippen molar-refractivity contribution in [2.75, 3.05) is 32.7 Å². The van der Waals surface area contributed by atoms with Gasteiger partial charge in [-0.05, 0) is 37.8 Å². The Hall–Kier alpha value is -1.15. The van der Waals surface area contributed by atoms with Crippen molar-refractivity contribution in [1.82, 2.24) is 9.62 Å². The summed E-state index contributed by atoms with van der Waals surface area (Å²) in [6, 6.07) is 6.36. The molecule has 1 saturated heterocycles. The highest BCUT2D eigenvalue weighted by atomic mass is 35.5. The Kier molecular flexibility index (Phi) is 7.36. The third kappa shape index (κ3) is 5.06. The molecule has 1 aromatic carbocycles. The van der Waals surface area contributed by atoms with Crippen molar-refractivity contribution in [1.29, 1.82) is 0 Å². The van der Waals surface area contributed by atoms with Crippen molar-refractivity contribution >= 4 is 27.5 Å². The Morgan fingerprint density at radius 3 is 2.50 bits per heavy atom. The van der Waals surface area contributed by atoms with Crippen LogP contribution in [0.2, 0.25) is 5.02 Å². The molecular formula is C20H31ClN3O3S+. The van der Waals surface area contributed by atoms with Crippen LogP contribution >= 0.6 is 11.6 Å². The second-order valence-corrected chi connectivity index (χ2v) is 10.3. The fraction of sp³-hybridized carbons (Fsp3) is 0.650. The summed E-state index contributed by atoms with van der Waals surface area (Å²) in [6.07, 6.45) is 6.26. The van der Waals surface area contributed by atoms with E-state index in [2.05, 4.69) is 5.32 Å². The van der Waals surface area contributed by atoms with Gasteiger partial charge in [0.25, 0.3) is 5.91 Å². The number of nitrogens with zero attached hydrogens (tertiary/aromatic N) is 1. The number of sulfonamides is 1. The van der Waals surface area contributed by atoms with Crippen LogP contribution in [0.4, 0.5) is 0 Å². The van der Waals surface area contributed by atoms with Crippen LogP contribution in [0.5, 0.6) is 0 Å². The van der Waals surface area contributed by atoms with Crippen molar-refractivity contribution < 1.29 is 18.1 Å². The maximum atomic E-state index is 12.8. The molecule has 0 spiro atoms. The van der Waals surface area contributed by atoms with E-state index in [0.29, 0.717) is 32.1 Å². The maximum Gasteiger partial charge on any atom is 0.278 e. The first-order chi connectivity index (χ1) is 13.4. The van der Waals surface area contributed by atoms with Crippen LogP contribution in [0.25, 0.3) is 0 Å². The molecule has 1 aliphatic carbocycles. The van der Waals surface area contributed by atoms with Gasteiger partial charge in [-0.3, -0.25) is 4.79 Å². The van der Waals surface area contributed by atoms with Gasteiger partial charge in [0.1, 0.15) is 4.90 Å². The first-order valence-electron chi connectivity index (χ1n) is 10.3. The number of rotatable bonds is 6. The molecule has 28 heavy (non-hydrogen) atoms. The Bertz CT molecular complexity index is 773. The smallest absolute Gasteiger partial charge is 0.278 e. The average molecular weight is 429 g/mol. The molecule has 3 rings (SSSR count). The Labute approximate surface area is 173 Å². The van der Waals surface area contributed by atoms with E-state index >= 15 is 0 Å². The molecule has 0 radical (unpaired) electrons. The highest BCUT2D eigenvalue weighted by Crippen LogP contribution is 2.24. The zero-order valence-corrected chi connectivity index (χ0v) is 18.1. The molecule has 0 unspecified atom stereocenters. The van der Waals surface area contributed by atoms with Gasteiger partial charge in [0.15, 0.2) is 6.04 Å². The Balaban J connectivity index is 1.51. The van der Waals surface area contributed by atoms with E-state index < -0.39 is 10.0 Å². The minimum absolute atomic E-state index is 0.0722. The molecular weight excluding hydrogens is 398 g/mol. The van der Waals surface area contributed by atoms with Crippen LogP contribution < -0.4 is 10.2 Å². The van der Waals surface area contributed by atoms with Crippen LogP contribution in [-0.4, -0.2) is 57.4 Å². The highest BCUT2D eigenvalue weighted by molar-refractivity contribution is 7.89. The summed E-state index contributed by atoms with van der Waals surface area (Å²) in [4.78, 5) is 13.8.